The molecule has 6 amide bonds. The molecule has 1 aromatic rings. The van der Waals surface area contributed by atoms with Gasteiger partial charge in [0.15, 0.2) is 11.3 Å². The van der Waals surface area contributed by atoms with Gasteiger partial charge < -0.3 is 62.5 Å². The molecule has 1 aliphatic heterocycles. The number of fused-ring (bicyclic) bond motifs is 2. The molecule has 1 heterocycles. The summed E-state index contributed by atoms with van der Waals surface area (Å²) in [5.41, 5.74) is 4.04. The number of anilines is 1. The number of carbonyl (C=O) groups is 6. The topological polar surface area (TPSA) is 325 Å². The molecular weight excluding hydrogens is 760 g/mol. The van der Waals surface area contributed by atoms with E-state index in [1.54, 1.807) is 34.6 Å². The number of aliphatic hydroxyl groups excluding tert-OH is 4. The Morgan fingerprint density at radius 2 is 1.17 bits per heavy atom. The molecule has 3 rings (SSSR count). The first kappa shape index (κ1) is 46.7. The fourth-order valence-electron chi connectivity index (χ4n) is 5.98. The summed E-state index contributed by atoms with van der Waals surface area (Å²) in [6, 6.07) is -2.62. The molecule has 0 saturated heterocycles. The van der Waals surface area contributed by atoms with Crippen LogP contribution in [-0.4, -0.2) is 124 Å². The molecule has 0 fully saturated rings. The Morgan fingerprint density at radius 3 is 1.60 bits per heavy atom. The predicted molar refractivity (Wildman–Crippen MR) is 210 cm³/mol. The van der Waals surface area contributed by atoms with Crippen molar-refractivity contribution in [3.63, 3.8) is 0 Å². The number of nitrogens with one attached hydrogen (secondary N) is 6. The molecule has 0 aromatic heterocycles. The number of hydrogen-bond acceptors (Lipinski definition) is 14. The highest BCUT2D eigenvalue weighted by Gasteiger charge is 2.36. The number of rotatable bonds is 18. The predicted octanol–water partition coefficient (Wildman–Crippen LogP) is -2.05. The van der Waals surface area contributed by atoms with E-state index in [0.29, 0.717) is 5.56 Å². The zero-order valence-corrected chi connectivity index (χ0v) is 33.7. The molecule has 1 aliphatic carbocycles. The van der Waals surface area contributed by atoms with Crippen LogP contribution >= 0.6 is 0 Å². The summed E-state index contributed by atoms with van der Waals surface area (Å²) in [6.07, 6.45) is -3.01. The molecule has 0 spiro atoms. The number of nitrogen functional groups attached to an aromatic ring is 1. The molecule has 0 bridgehead atoms. The first-order valence-electron chi connectivity index (χ1n) is 18.7. The molecular formula is C38H54N8O12. The normalized spacial score (nSPS) is 14.6. The van der Waals surface area contributed by atoms with E-state index in [4.69, 9.17) is 20.4 Å². The summed E-state index contributed by atoms with van der Waals surface area (Å²) < 4.78 is 6.14. The largest absolute Gasteiger partial charge is 0.452 e. The molecule has 20 nitrogen and oxygen atoms in total. The first-order valence-corrected chi connectivity index (χ1v) is 18.7. The van der Waals surface area contributed by atoms with E-state index in [0.717, 1.165) is 0 Å². The number of carbonyl (C=O) groups excluding carboxylic acids is 6. The van der Waals surface area contributed by atoms with Crippen LogP contribution in [0.25, 0.3) is 22.6 Å². The van der Waals surface area contributed by atoms with Crippen molar-refractivity contribution < 1.29 is 53.6 Å². The van der Waals surface area contributed by atoms with Crippen molar-refractivity contribution in [3.8, 4) is 11.5 Å². The Kier molecular flexibility index (Phi) is 16.2. The van der Waals surface area contributed by atoms with Gasteiger partial charge in [0.1, 0.15) is 35.4 Å². The summed E-state index contributed by atoms with van der Waals surface area (Å²) in [5, 5.41) is 54.1. The average molecular weight is 815 g/mol. The number of aliphatic hydroxyl groups is 4. The summed E-state index contributed by atoms with van der Waals surface area (Å²) in [4.78, 5) is 98.1. The second-order valence-electron chi connectivity index (χ2n) is 14.6. The molecule has 12 N–H and O–H groups in total. The van der Waals surface area contributed by atoms with Gasteiger partial charge in [0.25, 0.3) is 11.8 Å². The molecule has 20 heteroatoms. The Bertz CT molecular complexity index is 2050. The molecule has 0 saturated carbocycles. The third-order valence-corrected chi connectivity index (χ3v) is 9.29. The van der Waals surface area contributed by atoms with Gasteiger partial charge in [0, 0.05) is 18.7 Å². The second kappa shape index (κ2) is 20.1. The highest BCUT2D eigenvalue weighted by molar-refractivity contribution is 6.10. The van der Waals surface area contributed by atoms with Gasteiger partial charge in [-0.15, -0.1) is 0 Å². The van der Waals surface area contributed by atoms with E-state index < -0.39 is 100 Å². The standard InChI is InChI=1S/C38H54N8O12/c1-15(2)24(35(54)40-11-13-47)43-37(56)26(19(7)49)45-33(52)21-10-9-17(5)31-28(21)42-29-22(23(39)30(51)18(6)32(29)58-31)34(53)46-27(20(8)50)38(57)44-25(16(3)4)36(55)41-12-14-48/h9-10,15-16,19-20,24-27,47-50H,11-14,39H2,1-8H3,(H,40,54)(H,41,55)(H,43,56)(H,44,57)(H,45,52)(H,46,53)/t19-,20-,24-,25-,26+,27+/m1/s1. The van der Waals surface area contributed by atoms with Crippen molar-refractivity contribution in [2.24, 2.45) is 11.8 Å². The van der Waals surface area contributed by atoms with Crippen LogP contribution < -0.4 is 43.1 Å². The lowest BCUT2D eigenvalue weighted by Crippen LogP contribution is -2.58. The average Bonchev–Trinajstić information content (AvgIpc) is 3.16. The second-order valence-corrected chi connectivity index (χ2v) is 14.6. The number of hydrogen-bond donors (Lipinski definition) is 11. The van der Waals surface area contributed by atoms with Gasteiger partial charge in [-0.3, -0.25) is 33.6 Å². The number of nitrogens with zero attached hydrogens (tertiary/aromatic N) is 1. The summed E-state index contributed by atoms with van der Waals surface area (Å²) in [6.45, 7) is 11.3. The van der Waals surface area contributed by atoms with Crippen LogP contribution in [0.15, 0.2) is 21.3 Å². The molecule has 0 unspecified atom stereocenters. The maximum Gasteiger partial charge on any atom is 0.256 e. The maximum atomic E-state index is 14.0. The fourth-order valence-corrected chi connectivity index (χ4v) is 5.98. The first-order chi connectivity index (χ1) is 27.2. The van der Waals surface area contributed by atoms with Crippen molar-refractivity contribution in [1.82, 2.24) is 36.9 Å². The van der Waals surface area contributed by atoms with Crippen molar-refractivity contribution in [2.45, 2.75) is 91.8 Å². The van der Waals surface area contributed by atoms with Crippen LogP contribution in [0.4, 0.5) is 5.69 Å². The van der Waals surface area contributed by atoms with Crippen LogP contribution in [0, 0.1) is 25.7 Å². The van der Waals surface area contributed by atoms with Crippen molar-refractivity contribution in [3.05, 3.63) is 44.6 Å². The van der Waals surface area contributed by atoms with E-state index in [1.807, 2.05) is 0 Å². The number of benzene rings is 2. The molecule has 0 radical (unpaired) electrons. The zero-order valence-electron chi connectivity index (χ0n) is 33.7. The van der Waals surface area contributed by atoms with Crippen molar-refractivity contribution in [1.29, 1.82) is 0 Å². The van der Waals surface area contributed by atoms with Crippen molar-refractivity contribution >= 4 is 52.2 Å². The zero-order chi connectivity index (χ0) is 43.8. The molecule has 58 heavy (non-hydrogen) atoms. The fraction of sp³-hybridized carbons (Fsp3) is 0.526. The third-order valence-electron chi connectivity index (χ3n) is 9.29. The lowest BCUT2D eigenvalue weighted by molar-refractivity contribution is -0.132. The molecule has 318 valence electrons. The van der Waals surface area contributed by atoms with Gasteiger partial charge in [-0.2, -0.15) is 0 Å². The number of amides is 6. The Hall–Kier alpha value is -5.70. The lowest BCUT2D eigenvalue weighted by Gasteiger charge is -2.27. The summed E-state index contributed by atoms with van der Waals surface area (Å²) in [7, 11) is 0. The minimum Gasteiger partial charge on any atom is -0.452 e. The molecule has 6 atom stereocenters. The van der Waals surface area contributed by atoms with Crippen LogP contribution in [0.3, 0.4) is 0 Å². The van der Waals surface area contributed by atoms with Gasteiger partial charge in [0.05, 0.1) is 42.2 Å². The maximum absolute atomic E-state index is 14.0. The van der Waals surface area contributed by atoms with Crippen LogP contribution in [0.5, 0.6) is 0 Å². The van der Waals surface area contributed by atoms with Crippen molar-refractivity contribution in [2.75, 3.05) is 32.0 Å². The van der Waals surface area contributed by atoms with Crippen LogP contribution in [0.1, 0.15) is 73.4 Å². The van der Waals surface area contributed by atoms with E-state index in [1.165, 1.54) is 32.9 Å². The van der Waals surface area contributed by atoms with E-state index in [2.05, 4.69) is 36.9 Å². The number of aromatic nitrogens is 1. The number of nitrogens with two attached hydrogens (primary N) is 1. The van der Waals surface area contributed by atoms with Gasteiger partial charge in [-0.1, -0.05) is 33.8 Å². The van der Waals surface area contributed by atoms with Gasteiger partial charge in [0.2, 0.25) is 29.1 Å². The summed E-state index contributed by atoms with van der Waals surface area (Å²) >= 11 is 0. The molecule has 1 aromatic carbocycles. The quantitative estimate of drug-likeness (QED) is 0.0487. The SMILES string of the molecule is Cc1c2oc3c(C)ccc(C(=O)N[C@H](C(=O)N[C@@H](C(=O)NCCO)C(C)C)[C@@H](C)O)c3nc-2c(C(=O)N[C@H](C(=O)N[C@@H](C(=O)NCCO)C(C)C)[C@@H](C)O)c(N)c1=O. The Labute approximate surface area is 334 Å². The highest BCUT2D eigenvalue weighted by atomic mass is 16.3. The highest BCUT2D eigenvalue weighted by Crippen LogP contribution is 2.34. The lowest BCUT2D eigenvalue weighted by atomic mass is 9.98. The monoisotopic (exact) mass is 814 g/mol. The minimum absolute atomic E-state index is 0.0118. The summed E-state index contributed by atoms with van der Waals surface area (Å²) in [5.74, 6) is -6.18. The number of aryl methyl sites for hydroxylation is 1. The van der Waals surface area contributed by atoms with Gasteiger partial charge in [-0.25, -0.2) is 4.98 Å². The Balaban J connectivity index is 2.11. The smallest absolute Gasteiger partial charge is 0.256 e. The Morgan fingerprint density at radius 1 is 0.707 bits per heavy atom. The van der Waals surface area contributed by atoms with E-state index in [-0.39, 0.29) is 60.0 Å². The van der Waals surface area contributed by atoms with Gasteiger partial charge >= 0.3 is 0 Å². The van der Waals surface area contributed by atoms with Crippen LogP contribution in [-0.2, 0) is 19.2 Å². The van der Waals surface area contributed by atoms with E-state index in [9.17, 15) is 43.8 Å². The third kappa shape index (κ3) is 10.6. The van der Waals surface area contributed by atoms with Crippen LogP contribution in [0.2, 0.25) is 0 Å². The van der Waals surface area contributed by atoms with E-state index >= 15 is 0 Å². The minimum atomic E-state index is -1.69. The van der Waals surface area contributed by atoms with Gasteiger partial charge in [-0.05, 0) is 51.2 Å². The molecule has 2 aliphatic rings.